The standard InChI is InChI=1S/C28H35N3O6S/c1-6-36-26(33)19-11-13-30(14-12-19)23(32)15-20-16-38-28-29-18(4)24(27(34)37-17(2)3)25(31(20)28)21-9-7-8-10-22(21)35-5/h7-10,16-17,19,25H,6,11-15H2,1-5H3/t25-/m1/s1. The zero-order valence-corrected chi connectivity index (χ0v) is 23.4. The number of allylic oxidation sites excluding steroid dienone is 1. The number of carbonyl (C=O) groups is 3. The topological polar surface area (TPSA) is 97.7 Å². The molecule has 1 aromatic rings. The van der Waals surface area contributed by atoms with Crippen molar-refractivity contribution in [1.29, 1.82) is 0 Å². The molecule has 0 aromatic heterocycles. The lowest BCUT2D eigenvalue weighted by molar-refractivity contribution is -0.151. The van der Waals surface area contributed by atoms with Gasteiger partial charge in [0.05, 0.1) is 49.5 Å². The molecule has 0 saturated carbocycles. The van der Waals surface area contributed by atoms with Crippen molar-refractivity contribution in [3.8, 4) is 5.75 Å². The van der Waals surface area contributed by atoms with E-state index in [9.17, 15) is 14.4 Å². The molecule has 1 saturated heterocycles. The summed E-state index contributed by atoms with van der Waals surface area (Å²) in [5.41, 5.74) is 2.54. The van der Waals surface area contributed by atoms with Gasteiger partial charge in [-0.25, -0.2) is 9.79 Å². The van der Waals surface area contributed by atoms with Crippen LogP contribution in [0.4, 0.5) is 0 Å². The summed E-state index contributed by atoms with van der Waals surface area (Å²) in [6.45, 7) is 8.59. The molecule has 9 nitrogen and oxygen atoms in total. The highest BCUT2D eigenvalue weighted by Gasteiger charge is 2.43. The third kappa shape index (κ3) is 5.75. The lowest BCUT2D eigenvalue weighted by Gasteiger charge is -2.37. The van der Waals surface area contributed by atoms with E-state index in [1.165, 1.54) is 11.8 Å². The average Bonchev–Trinajstić information content (AvgIpc) is 3.29. The van der Waals surface area contributed by atoms with Crippen LogP contribution in [-0.2, 0) is 23.9 Å². The number of piperidine rings is 1. The van der Waals surface area contributed by atoms with Gasteiger partial charge in [-0.15, -0.1) is 0 Å². The van der Waals surface area contributed by atoms with Crippen LogP contribution in [0.5, 0.6) is 5.75 Å². The number of ether oxygens (including phenoxy) is 3. The third-order valence-electron chi connectivity index (χ3n) is 6.80. The fraction of sp³-hybridized carbons (Fsp3) is 0.500. The number of methoxy groups -OCH3 is 1. The Morgan fingerprint density at radius 1 is 1.16 bits per heavy atom. The van der Waals surface area contributed by atoms with Gasteiger partial charge in [0.2, 0.25) is 5.91 Å². The maximum atomic E-state index is 13.4. The molecule has 0 bridgehead atoms. The zero-order valence-electron chi connectivity index (χ0n) is 22.6. The normalized spacial score (nSPS) is 19.7. The van der Waals surface area contributed by atoms with Crippen molar-refractivity contribution in [2.45, 2.75) is 59.1 Å². The summed E-state index contributed by atoms with van der Waals surface area (Å²) in [6.07, 6.45) is 1.03. The summed E-state index contributed by atoms with van der Waals surface area (Å²) in [5, 5.41) is 2.62. The Balaban J connectivity index is 1.60. The van der Waals surface area contributed by atoms with Gasteiger partial charge in [0.25, 0.3) is 0 Å². The van der Waals surface area contributed by atoms with Crippen molar-refractivity contribution >= 4 is 34.8 Å². The molecule has 0 unspecified atom stereocenters. The lowest BCUT2D eigenvalue weighted by Crippen LogP contribution is -2.42. The summed E-state index contributed by atoms with van der Waals surface area (Å²) in [4.78, 5) is 47.3. The van der Waals surface area contributed by atoms with Crippen molar-refractivity contribution in [3.05, 3.63) is 52.2 Å². The van der Waals surface area contributed by atoms with E-state index in [1.54, 1.807) is 25.9 Å². The number of rotatable bonds is 8. The van der Waals surface area contributed by atoms with E-state index in [-0.39, 0.29) is 30.3 Å². The lowest BCUT2D eigenvalue weighted by atomic mass is 9.93. The molecule has 0 radical (unpaired) electrons. The van der Waals surface area contributed by atoms with Crippen molar-refractivity contribution < 1.29 is 28.6 Å². The Labute approximate surface area is 227 Å². The number of thioether (sulfide) groups is 1. The van der Waals surface area contributed by atoms with Crippen molar-refractivity contribution in [3.63, 3.8) is 0 Å². The van der Waals surface area contributed by atoms with Crippen LogP contribution in [0.3, 0.4) is 0 Å². The summed E-state index contributed by atoms with van der Waals surface area (Å²) in [5.74, 6) is -0.202. The van der Waals surface area contributed by atoms with E-state index >= 15 is 0 Å². The van der Waals surface area contributed by atoms with Crippen molar-refractivity contribution in [2.24, 2.45) is 10.9 Å². The summed E-state index contributed by atoms with van der Waals surface area (Å²) in [6, 6.07) is 6.99. The van der Waals surface area contributed by atoms with Crippen LogP contribution < -0.4 is 4.74 Å². The highest BCUT2D eigenvalue weighted by Crippen LogP contribution is 2.47. The van der Waals surface area contributed by atoms with Crippen LogP contribution in [0.1, 0.15) is 58.6 Å². The van der Waals surface area contributed by atoms with Crippen LogP contribution in [0, 0.1) is 5.92 Å². The van der Waals surface area contributed by atoms with Crippen LogP contribution in [0.15, 0.2) is 51.6 Å². The van der Waals surface area contributed by atoms with Gasteiger partial charge < -0.3 is 24.0 Å². The number of para-hydroxylation sites is 1. The van der Waals surface area contributed by atoms with E-state index in [2.05, 4.69) is 0 Å². The number of benzene rings is 1. The number of esters is 2. The van der Waals surface area contributed by atoms with Gasteiger partial charge in [0.1, 0.15) is 5.75 Å². The minimum atomic E-state index is -0.562. The van der Waals surface area contributed by atoms with Crippen LogP contribution in [0.25, 0.3) is 0 Å². The van der Waals surface area contributed by atoms with Gasteiger partial charge in [-0.1, -0.05) is 30.0 Å². The first kappa shape index (κ1) is 27.8. The second-order valence-corrected chi connectivity index (χ2v) is 10.5. The molecule has 0 spiro atoms. The number of amidine groups is 1. The summed E-state index contributed by atoms with van der Waals surface area (Å²) < 4.78 is 16.4. The third-order valence-corrected chi connectivity index (χ3v) is 7.69. The molecule has 38 heavy (non-hydrogen) atoms. The molecule has 3 aliphatic heterocycles. The Kier molecular flexibility index (Phi) is 8.81. The highest BCUT2D eigenvalue weighted by molar-refractivity contribution is 8.16. The maximum absolute atomic E-state index is 13.4. The molecule has 1 atom stereocenters. The molecule has 0 aliphatic carbocycles. The molecular weight excluding hydrogens is 506 g/mol. The number of nitrogens with zero attached hydrogens (tertiary/aromatic N) is 3. The fourth-order valence-corrected chi connectivity index (χ4v) is 5.95. The molecule has 1 amide bonds. The number of hydrogen-bond donors (Lipinski definition) is 0. The second-order valence-electron chi connectivity index (χ2n) is 9.67. The zero-order chi connectivity index (χ0) is 27.4. The smallest absolute Gasteiger partial charge is 0.338 e. The number of amides is 1. The Morgan fingerprint density at radius 2 is 1.87 bits per heavy atom. The Bertz CT molecular complexity index is 1180. The first-order chi connectivity index (χ1) is 18.2. The van der Waals surface area contributed by atoms with E-state index < -0.39 is 12.0 Å². The molecule has 1 aromatic carbocycles. The van der Waals surface area contributed by atoms with Crippen LogP contribution in [-0.4, -0.2) is 65.7 Å². The van der Waals surface area contributed by atoms with Gasteiger partial charge >= 0.3 is 11.9 Å². The van der Waals surface area contributed by atoms with E-state index in [0.717, 1.165) is 11.3 Å². The minimum Gasteiger partial charge on any atom is -0.496 e. The first-order valence-electron chi connectivity index (χ1n) is 13.0. The van der Waals surface area contributed by atoms with E-state index in [0.29, 0.717) is 54.7 Å². The van der Waals surface area contributed by atoms with Gasteiger partial charge in [-0.05, 0) is 52.0 Å². The number of hydrogen-bond acceptors (Lipinski definition) is 9. The molecule has 4 rings (SSSR count). The quantitative estimate of drug-likeness (QED) is 0.447. The average molecular weight is 542 g/mol. The monoisotopic (exact) mass is 541 g/mol. The number of carbonyl (C=O) groups excluding carboxylic acids is 3. The molecule has 10 heteroatoms. The highest BCUT2D eigenvalue weighted by atomic mass is 32.2. The predicted octanol–water partition coefficient (Wildman–Crippen LogP) is 4.41. The predicted molar refractivity (Wildman–Crippen MR) is 145 cm³/mol. The molecule has 3 heterocycles. The number of aliphatic imine (C=N–C) groups is 1. The van der Waals surface area contributed by atoms with E-state index in [4.69, 9.17) is 19.2 Å². The number of likely N-dealkylation sites (tertiary alicyclic amines) is 1. The Hall–Kier alpha value is -3.27. The van der Waals surface area contributed by atoms with Crippen molar-refractivity contribution in [2.75, 3.05) is 26.8 Å². The second kappa shape index (κ2) is 12.1. The fourth-order valence-electron chi connectivity index (χ4n) is 4.99. The molecule has 204 valence electrons. The molecule has 0 N–H and O–H groups in total. The summed E-state index contributed by atoms with van der Waals surface area (Å²) in [7, 11) is 1.60. The number of fused-ring (bicyclic) bond motifs is 1. The molecule has 3 aliphatic rings. The van der Waals surface area contributed by atoms with Gasteiger partial charge in [0.15, 0.2) is 5.17 Å². The van der Waals surface area contributed by atoms with Gasteiger partial charge in [-0.3, -0.25) is 9.59 Å². The SMILES string of the molecule is CCOC(=O)C1CCN(C(=O)CC2=CSC3=NC(C)=C(C(=O)OC(C)C)[C@@H](c4ccccc4OC)N23)CC1. The molecular formula is C28H35N3O6S. The van der Waals surface area contributed by atoms with Crippen LogP contribution >= 0.6 is 11.8 Å². The largest absolute Gasteiger partial charge is 0.496 e. The van der Waals surface area contributed by atoms with E-state index in [1.807, 2.05) is 48.4 Å². The summed E-state index contributed by atoms with van der Waals surface area (Å²) >= 11 is 1.43. The van der Waals surface area contributed by atoms with Gasteiger partial charge in [-0.2, -0.15) is 0 Å². The Morgan fingerprint density at radius 3 is 2.53 bits per heavy atom. The first-order valence-corrected chi connectivity index (χ1v) is 13.9. The maximum Gasteiger partial charge on any atom is 0.338 e. The van der Waals surface area contributed by atoms with Crippen molar-refractivity contribution in [1.82, 2.24) is 9.80 Å². The van der Waals surface area contributed by atoms with Crippen LogP contribution in [0.2, 0.25) is 0 Å². The minimum absolute atomic E-state index is 0.0308. The molecule has 1 fully saturated rings. The van der Waals surface area contributed by atoms with Gasteiger partial charge in [0, 0.05) is 24.4 Å².